The van der Waals surface area contributed by atoms with Crippen molar-refractivity contribution in [1.29, 1.82) is 0 Å². The van der Waals surface area contributed by atoms with Gasteiger partial charge in [0.05, 0.1) is 12.3 Å². The van der Waals surface area contributed by atoms with Crippen LogP contribution in [0.25, 0.3) is 0 Å². The van der Waals surface area contributed by atoms with Gasteiger partial charge in [-0.15, -0.1) is 10.2 Å². The smallest absolute Gasteiger partial charge is 0.230 e. The molecule has 32 heavy (non-hydrogen) atoms. The minimum absolute atomic E-state index is 0.0510. The van der Waals surface area contributed by atoms with Crippen molar-refractivity contribution in [3.8, 4) is 5.75 Å². The third kappa shape index (κ3) is 6.50. The Morgan fingerprint density at radius 1 is 1.06 bits per heavy atom. The van der Waals surface area contributed by atoms with E-state index in [1.165, 1.54) is 31.0 Å². The molecule has 0 unspecified atom stereocenters. The predicted octanol–water partition coefficient (Wildman–Crippen LogP) is 5.10. The molecule has 1 fully saturated rings. The molecule has 1 saturated carbocycles. The summed E-state index contributed by atoms with van der Waals surface area (Å²) in [6.07, 6.45) is 5.81. The molecule has 0 radical (unpaired) electrons. The second kappa shape index (κ2) is 11.4. The number of hydrogen-bond acceptors (Lipinski definition) is 5. The molecule has 1 aliphatic rings. The highest BCUT2D eigenvalue weighted by Gasteiger charge is 2.18. The van der Waals surface area contributed by atoms with Gasteiger partial charge in [0.1, 0.15) is 12.4 Å². The van der Waals surface area contributed by atoms with E-state index >= 15 is 0 Å². The fourth-order valence-electron chi connectivity index (χ4n) is 3.78. The standard InChI is InChI=1S/C24H27ClN4O2S/c25-19-11-13-21(14-12-19)31-16-22-27-28-24(29(22)15-18-7-3-1-4-8-18)32-17-23(30)26-20-9-5-2-6-10-20/h1,3-4,7-8,11-14,20H,2,5-6,9-10,15-17H2,(H,26,30). The Labute approximate surface area is 197 Å². The van der Waals surface area contributed by atoms with Crippen LogP contribution in [0.2, 0.25) is 5.02 Å². The maximum Gasteiger partial charge on any atom is 0.230 e. The number of hydrogen-bond donors (Lipinski definition) is 1. The summed E-state index contributed by atoms with van der Waals surface area (Å²) >= 11 is 7.36. The van der Waals surface area contributed by atoms with Crippen LogP contribution in [-0.2, 0) is 17.9 Å². The SMILES string of the molecule is O=C(CSc1nnc(COc2ccc(Cl)cc2)n1Cc1ccccc1)NC1CCCCC1. The molecule has 2 aromatic carbocycles. The highest BCUT2D eigenvalue weighted by molar-refractivity contribution is 7.99. The summed E-state index contributed by atoms with van der Waals surface area (Å²) < 4.78 is 7.91. The predicted molar refractivity (Wildman–Crippen MR) is 127 cm³/mol. The van der Waals surface area contributed by atoms with E-state index in [0.29, 0.717) is 40.1 Å². The summed E-state index contributed by atoms with van der Waals surface area (Å²) in [5.74, 6) is 1.79. The van der Waals surface area contributed by atoms with Gasteiger partial charge in [-0.05, 0) is 42.7 Å². The lowest BCUT2D eigenvalue weighted by Gasteiger charge is -2.22. The van der Waals surface area contributed by atoms with E-state index in [9.17, 15) is 4.79 Å². The highest BCUT2D eigenvalue weighted by atomic mass is 35.5. The number of thioether (sulfide) groups is 1. The fourth-order valence-corrected chi connectivity index (χ4v) is 4.68. The van der Waals surface area contributed by atoms with E-state index in [0.717, 1.165) is 18.4 Å². The minimum atomic E-state index is 0.0510. The Hall–Kier alpha value is -2.51. The van der Waals surface area contributed by atoms with E-state index in [2.05, 4.69) is 27.6 Å². The highest BCUT2D eigenvalue weighted by Crippen LogP contribution is 2.22. The molecule has 4 rings (SSSR count). The normalized spacial score (nSPS) is 14.3. The van der Waals surface area contributed by atoms with Crippen LogP contribution in [0.15, 0.2) is 59.8 Å². The van der Waals surface area contributed by atoms with Gasteiger partial charge in [0.25, 0.3) is 0 Å². The largest absolute Gasteiger partial charge is 0.486 e. The number of carbonyl (C=O) groups excluding carboxylic acids is 1. The second-order valence-electron chi connectivity index (χ2n) is 7.90. The first-order valence-corrected chi connectivity index (χ1v) is 12.3. The molecule has 1 aliphatic carbocycles. The Bertz CT molecular complexity index is 1000. The molecule has 1 heterocycles. The molecular weight excluding hydrogens is 444 g/mol. The first kappa shape index (κ1) is 22.7. The van der Waals surface area contributed by atoms with Crippen molar-refractivity contribution in [3.63, 3.8) is 0 Å². The van der Waals surface area contributed by atoms with E-state index in [-0.39, 0.29) is 12.5 Å². The molecular formula is C24H27ClN4O2S. The van der Waals surface area contributed by atoms with Gasteiger partial charge in [-0.25, -0.2) is 0 Å². The number of nitrogens with zero attached hydrogens (tertiary/aromatic N) is 3. The van der Waals surface area contributed by atoms with Gasteiger partial charge in [0.2, 0.25) is 5.91 Å². The van der Waals surface area contributed by atoms with Crippen molar-refractivity contribution >= 4 is 29.3 Å². The Balaban J connectivity index is 1.43. The zero-order valence-electron chi connectivity index (χ0n) is 17.9. The maximum atomic E-state index is 12.5. The van der Waals surface area contributed by atoms with Crippen LogP contribution in [-0.4, -0.2) is 32.5 Å². The number of ether oxygens (including phenoxy) is 1. The monoisotopic (exact) mass is 470 g/mol. The lowest BCUT2D eigenvalue weighted by Crippen LogP contribution is -2.37. The molecule has 1 amide bonds. The van der Waals surface area contributed by atoms with E-state index in [1.54, 1.807) is 12.1 Å². The van der Waals surface area contributed by atoms with Crippen molar-refractivity contribution < 1.29 is 9.53 Å². The molecule has 0 atom stereocenters. The first-order valence-electron chi connectivity index (χ1n) is 10.9. The van der Waals surface area contributed by atoms with Crippen molar-refractivity contribution in [2.45, 2.75) is 56.5 Å². The fraction of sp³-hybridized carbons (Fsp3) is 0.375. The van der Waals surface area contributed by atoms with Crippen LogP contribution < -0.4 is 10.1 Å². The molecule has 3 aromatic rings. The lowest BCUT2D eigenvalue weighted by molar-refractivity contribution is -0.119. The van der Waals surface area contributed by atoms with Gasteiger partial charge in [0, 0.05) is 11.1 Å². The first-order chi connectivity index (χ1) is 15.7. The average Bonchev–Trinajstić information content (AvgIpc) is 3.20. The van der Waals surface area contributed by atoms with Gasteiger partial charge in [-0.2, -0.15) is 0 Å². The molecule has 168 valence electrons. The quantitative estimate of drug-likeness (QED) is 0.440. The van der Waals surface area contributed by atoms with E-state index < -0.39 is 0 Å². The van der Waals surface area contributed by atoms with Crippen molar-refractivity contribution in [3.05, 3.63) is 71.0 Å². The Kier molecular flexibility index (Phi) is 8.07. The van der Waals surface area contributed by atoms with Gasteiger partial charge in [0.15, 0.2) is 11.0 Å². The Morgan fingerprint density at radius 3 is 2.56 bits per heavy atom. The zero-order valence-corrected chi connectivity index (χ0v) is 19.4. The van der Waals surface area contributed by atoms with Gasteiger partial charge >= 0.3 is 0 Å². The van der Waals surface area contributed by atoms with Crippen molar-refractivity contribution in [2.75, 3.05) is 5.75 Å². The third-order valence-electron chi connectivity index (χ3n) is 5.46. The van der Waals surface area contributed by atoms with Gasteiger partial charge in [-0.3, -0.25) is 9.36 Å². The molecule has 6 nitrogen and oxygen atoms in total. The zero-order chi connectivity index (χ0) is 22.2. The number of aromatic nitrogens is 3. The summed E-state index contributed by atoms with van der Waals surface area (Å²) in [5.41, 5.74) is 1.13. The number of amides is 1. The number of nitrogens with one attached hydrogen (secondary N) is 1. The summed E-state index contributed by atoms with van der Waals surface area (Å²) in [6, 6.07) is 17.7. The molecule has 1 aromatic heterocycles. The molecule has 0 spiro atoms. The van der Waals surface area contributed by atoms with Crippen LogP contribution in [0.5, 0.6) is 5.75 Å². The summed E-state index contributed by atoms with van der Waals surface area (Å²) in [7, 11) is 0. The minimum Gasteiger partial charge on any atom is -0.486 e. The van der Waals surface area contributed by atoms with E-state index in [4.69, 9.17) is 16.3 Å². The number of carbonyl (C=O) groups is 1. The summed E-state index contributed by atoms with van der Waals surface area (Å²) in [6.45, 7) is 0.885. The molecule has 8 heteroatoms. The van der Waals surface area contributed by atoms with Crippen molar-refractivity contribution in [1.82, 2.24) is 20.1 Å². The second-order valence-corrected chi connectivity index (χ2v) is 9.28. The number of rotatable bonds is 9. The van der Waals surface area contributed by atoms with Crippen LogP contribution in [0.3, 0.4) is 0 Å². The average molecular weight is 471 g/mol. The summed E-state index contributed by atoms with van der Waals surface area (Å²) in [4.78, 5) is 12.5. The van der Waals surface area contributed by atoms with Gasteiger partial charge in [-0.1, -0.05) is 73.0 Å². The van der Waals surface area contributed by atoms with E-state index in [1.807, 2.05) is 34.9 Å². The Morgan fingerprint density at radius 2 is 1.81 bits per heavy atom. The van der Waals surface area contributed by atoms with Crippen molar-refractivity contribution in [2.24, 2.45) is 0 Å². The maximum absolute atomic E-state index is 12.5. The van der Waals surface area contributed by atoms with Crippen LogP contribution >= 0.6 is 23.4 Å². The van der Waals surface area contributed by atoms with Crippen LogP contribution in [0, 0.1) is 0 Å². The molecule has 0 aliphatic heterocycles. The molecule has 1 N–H and O–H groups in total. The third-order valence-corrected chi connectivity index (χ3v) is 6.68. The van der Waals surface area contributed by atoms with Crippen LogP contribution in [0.4, 0.5) is 0 Å². The lowest BCUT2D eigenvalue weighted by atomic mass is 9.95. The summed E-state index contributed by atoms with van der Waals surface area (Å²) in [5, 5.41) is 13.2. The number of halogens is 1. The number of benzene rings is 2. The van der Waals surface area contributed by atoms with Gasteiger partial charge < -0.3 is 10.1 Å². The molecule has 0 saturated heterocycles. The van der Waals surface area contributed by atoms with Crippen LogP contribution in [0.1, 0.15) is 43.5 Å². The topological polar surface area (TPSA) is 69.0 Å². The molecule has 0 bridgehead atoms.